The van der Waals surface area contributed by atoms with Gasteiger partial charge in [-0.05, 0) is 31.0 Å². The fourth-order valence-corrected chi connectivity index (χ4v) is 1.97. The molecule has 1 unspecified atom stereocenters. The second kappa shape index (κ2) is 3.56. The van der Waals surface area contributed by atoms with Crippen LogP contribution < -0.4 is 10.6 Å². The van der Waals surface area contributed by atoms with Crippen molar-refractivity contribution in [2.24, 2.45) is 5.73 Å². The lowest BCUT2D eigenvalue weighted by Crippen LogP contribution is -2.41. The zero-order chi connectivity index (χ0) is 10.9. The lowest BCUT2D eigenvalue weighted by molar-refractivity contribution is 0.606. The average Bonchev–Trinajstić information content (AvgIpc) is 2.62. The molecule has 1 aliphatic rings. The van der Waals surface area contributed by atoms with Gasteiger partial charge in [0, 0.05) is 18.8 Å². The number of rotatable bonds is 1. The van der Waals surface area contributed by atoms with E-state index in [9.17, 15) is 0 Å². The van der Waals surface area contributed by atoms with Crippen molar-refractivity contribution in [3.63, 3.8) is 0 Å². The van der Waals surface area contributed by atoms with Crippen LogP contribution in [0.4, 0.5) is 5.69 Å². The van der Waals surface area contributed by atoms with Crippen LogP contribution >= 0.6 is 0 Å². The molecule has 0 radical (unpaired) electrons. The second-order valence-corrected chi connectivity index (χ2v) is 4.28. The molecule has 1 fully saturated rings. The first-order valence-corrected chi connectivity index (χ1v) is 5.15. The molecule has 1 aromatic rings. The number of anilines is 1. The third-order valence-electron chi connectivity index (χ3n) is 2.89. The van der Waals surface area contributed by atoms with E-state index in [1.165, 1.54) is 5.56 Å². The van der Waals surface area contributed by atoms with Gasteiger partial charge in [0.25, 0.3) is 0 Å². The highest BCUT2D eigenvalue weighted by Gasteiger charge is 2.34. The number of nitrogens with two attached hydrogens (primary N) is 1. The van der Waals surface area contributed by atoms with E-state index < -0.39 is 5.54 Å². The van der Waals surface area contributed by atoms with E-state index in [1.54, 1.807) is 0 Å². The van der Waals surface area contributed by atoms with Gasteiger partial charge in [0.05, 0.1) is 6.07 Å². The Kier molecular flexibility index (Phi) is 2.37. The molecular weight excluding hydrogens is 186 g/mol. The van der Waals surface area contributed by atoms with E-state index in [2.05, 4.69) is 36.1 Å². The van der Waals surface area contributed by atoms with Crippen LogP contribution in [0.5, 0.6) is 0 Å². The van der Waals surface area contributed by atoms with Gasteiger partial charge in [-0.25, -0.2) is 0 Å². The molecule has 1 aromatic carbocycles. The van der Waals surface area contributed by atoms with Gasteiger partial charge in [0.15, 0.2) is 0 Å². The summed E-state index contributed by atoms with van der Waals surface area (Å²) in [6.45, 7) is 3.57. The number of benzene rings is 1. The van der Waals surface area contributed by atoms with E-state index in [0.717, 1.165) is 18.7 Å². The monoisotopic (exact) mass is 201 g/mol. The Hall–Kier alpha value is -1.53. The molecule has 0 spiro atoms. The molecule has 1 aliphatic heterocycles. The summed E-state index contributed by atoms with van der Waals surface area (Å²) >= 11 is 0. The minimum Gasteiger partial charge on any atom is -0.368 e. The zero-order valence-electron chi connectivity index (χ0n) is 8.90. The van der Waals surface area contributed by atoms with Crippen molar-refractivity contribution in [1.29, 1.82) is 5.26 Å². The predicted octanol–water partition coefficient (Wildman–Crippen LogP) is 1.43. The predicted molar refractivity (Wildman–Crippen MR) is 60.5 cm³/mol. The van der Waals surface area contributed by atoms with Gasteiger partial charge in [-0.2, -0.15) is 5.26 Å². The maximum Gasteiger partial charge on any atom is 0.123 e. The Morgan fingerprint density at radius 1 is 1.53 bits per heavy atom. The van der Waals surface area contributed by atoms with E-state index in [0.29, 0.717) is 6.54 Å². The van der Waals surface area contributed by atoms with Crippen LogP contribution in [-0.4, -0.2) is 18.6 Å². The molecule has 2 N–H and O–H groups in total. The molecule has 78 valence electrons. The second-order valence-electron chi connectivity index (χ2n) is 4.28. The minimum atomic E-state index is -0.663. The van der Waals surface area contributed by atoms with Gasteiger partial charge in [0.1, 0.15) is 5.54 Å². The third kappa shape index (κ3) is 1.95. The van der Waals surface area contributed by atoms with Crippen molar-refractivity contribution in [2.75, 3.05) is 18.0 Å². The molecule has 0 saturated carbocycles. The van der Waals surface area contributed by atoms with Gasteiger partial charge < -0.3 is 10.6 Å². The quantitative estimate of drug-likeness (QED) is 0.747. The number of nitrogens with zero attached hydrogens (tertiary/aromatic N) is 2. The Morgan fingerprint density at radius 3 is 2.93 bits per heavy atom. The summed E-state index contributed by atoms with van der Waals surface area (Å²) in [6.07, 6.45) is 0.747. The molecule has 0 aliphatic carbocycles. The Balaban J connectivity index is 2.19. The standard InChI is InChI=1S/C12H15N3/c1-10-3-2-4-11(7-10)15-6-5-12(14,8-13)9-15/h2-4,7H,5-6,9,14H2,1H3. The van der Waals surface area contributed by atoms with Crippen molar-refractivity contribution >= 4 is 5.69 Å². The Labute approximate surface area is 90.1 Å². The Morgan fingerprint density at radius 2 is 2.33 bits per heavy atom. The lowest BCUT2D eigenvalue weighted by atomic mass is 10.0. The first kappa shape index (κ1) is 10.0. The molecular formula is C12H15N3. The van der Waals surface area contributed by atoms with Crippen LogP contribution in [0, 0.1) is 18.3 Å². The first-order chi connectivity index (χ1) is 7.13. The number of aryl methyl sites for hydroxylation is 1. The summed E-state index contributed by atoms with van der Waals surface area (Å²) in [4.78, 5) is 2.18. The van der Waals surface area contributed by atoms with Gasteiger partial charge in [-0.3, -0.25) is 0 Å². The molecule has 1 atom stereocenters. The third-order valence-corrected chi connectivity index (χ3v) is 2.89. The van der Waals surface area contributed by atoms with Crippen LogP contribution in [0.2, 0.25) is 0 Å². The fraction of sp³-hybridized carbons (Fsp3) is 0.417. The topological polar surface area (TPSA) is 53.0 Å². The number of nitriles is 1. The number of hydrogen-bond donors (Lipinski definition) is 1. The van der Waals surface area contributed by atoms with Gasteiger partial charge >= 0.3 is 0 Å². The summed E-state index contributed by atoms with van der Waals surface area (Å²) in [5, 5.41) is 8.94. The lowest BCUT2D eigenvalue weighted by Gasteiger charge is -2.20. The highest BCUT2D eigenvalue weighted by Crippen LogP contribution is 2.25. The highest BCUT2D eigenvalue weighted by atomic mass is 15.2. The summed E-state index contributed by atoms with van der Waals surface area (Å²) < 4.78 is 0. The van der Waals surface area contributed by atoms with E-state index in [1.807, 2.05) is 6.07 Å². The van der Waals surface area contributed by atoms with Crippen LogP contribution in [-0.2, 0) is 0 Å². The fourth-order valence-electron chi connectivity index (χ4n) is 1.97. The maximum absolute atomic E-state index is 8.94. The summed E-state index contributed by atoms with van der Waals surface area (Å²) in [6, 6.07) is 10.5. The minimum absolute atomic E-state index is 0.632. The van der Waals surface area contributed by atoms with Crippen LogP contribution in [0.1, 0.15) is 12.0 Å². The summed E-state index contributed by atoms with van der Waals surface area (Å²) in [5.74, 6) is 0. The van der Waals surface area contributed by atoms with Crippen LogP contribution in [0.15, 0.2) is 24.3 Å². The Bertz CT molecular complexity index is 408. The largest absolute Gasteiger partial charge is 0.368 e. The van der Waals surface area contributed by atoms with E-state index in [-0.39, 0.29) is 0 Å². The summed E-state index contributed by atoms with van der Waals surface area (Å²) in [5.41, 5.74) is 7.66. The molecule has 3 nitrogen and oxygen atoms in total. The SMILES string of the molecule is Cc1cccc(N2CCC(N)(C#N)C2)c1. The molecule has 1 heterocycles. The normalized spacial score (nSPS) is 25.3. The maximum atomic E-state index is 8.94. The van der Waals surface area contributed by atoms with Crippen molar-refractivity contribution in [3.05, 3.63) is 29.8 Å². The van der Waals surface area contributed by atoms with Gasteiger partial charge in [-0.1, -0.05) is 12.1 Å². The summed E-state index contributed by atoms with van der Waals surface area (Å²) in [7, 11) is 0. The smallest absolute Gasteiger partial charge is 0.123 e. The van der Waals surface area contributed by atoms with Crippen molar-refractivity contribution in [1.82, 2.24) is 0 Å². The molecule has 0 bridgehead atoms. The molecule has 0 amide bonds. The van der Waals surface area contributed by atoms with Crippen molar-refractivity contribution in [3.8, 4) is 6.07 Å². The van der Waals surface area contributed by atoms with Crippen LogP contribution in [0.3, 0.4) is 0 Å². The van der Waals surface area contributed by atoms with E-state index >= 15 is 0 Å². The highest BCUT2D eigenvalue weighted by molar-refractivity contribution is 5.50. The molecule has 2 rings (SSSR count). The van der Waals surface area contributed by atoms with Crippen molar-refractivity contribution in [2.45, 2.75) is 18.9 Å². The average molecular weight is 201 g/mol. The molecule has 1 saturated heterocycles. The molecule has 0 aromatic heterocycles. The molecule has 15 heavy (non-hydrogen) atoms. The number of hydrogen-bond acceptors (Lipinski definition) is 3. The van der Waals surface area contributed by atoms with Crippen molar-refractivity contribution < 1.29 is 0 Å². The van der Waals surface area contributed by atoms with Gasteiger partial charge in [-0.15, -0.1) is 0 Å². The van der Waals surface area contributed by atoms with Crippen LogP contribution in [0.25, 0.3) is 0 Å². The zero-order valence-corrected chi connectivity index (χ0v) is 8.90. The van der Waals surface area contributed by atoms with E-state index in [4.69, 9.17) is 11.0 Å². The van der Waals surface area contributed by atoms with Gasteiger partial charge in [0.2, 0.25) is 0 Å². The first-order valence-electron chi connectivity index (χ1n) is 5.15. The molecule has 3 heteroatoms.